The molecule has 0 aliphatic carbocycles. The van der Waals surface area contributed by atoms with Crippen LogP contribution in [0.3, 0.4) is 0 Å². The first kappa shape index (κ1) is 33.9. The molecule has 0 fully saturated rings. The highest BCUT2D eigenvalue weighted by Gasteiger charge is 2.20. The van der Waals surface area contributed by atoms with Crippen molar-refractivity contribution in [1.29, 1.82) is 0 Å². The van der Waals surface area contributed by atoms with Crippen molar-refractivity contribution in [1.82, 2.24) is 29.9 Å². The molecule has 12 rings (SSSR count). The molecule has 4 aromatic heterocycles. The Morgan fingerprint density at radius 3 is 1.38 bits per heavy atom. The Bertz CT molecular complexity index is 3430. The molecule has 0 N–H and O–H groups in total. The maximum atomic E-state index is 5.33. The second-order valence-electron chi connectivity index (χ2n) is 15.2. The third-order valence-corrected chi connectivity index (χ3v) is 11.5. The van der Waals surface area contributed by atoms with Crippen molar-refractivity contribution in [3.63, 3.8) is 0 Å². The first-order valence-electron chi connectivity index (χ1n) is 20.0. The van der Waals surface area contributed by atoms with Crippen molar-refractivity contribution in [3.05, 3.63) is 195 Å². The first-order valence-corrected chi connectivity index (χ1v) is 20.0. The number of benzene rings is 8. The molecule has 12 aromatic rings. The van der Waals surface area contributed by atoms with E-state index in [-0.39, 0.29) is 0 Å². The lowest BCUT2D eigenvalue weighted by Gasteiger charge is -2.17. The molecule has 278 valence electrons. The zero-order valence-corrected chi connectivity index (χ0v) is 32.2. The summed E-state index contributed by atoms with van der Waals surface area (Å²) in [7, 11) is 0. The van der Waals surface area contributed by atoms with Crippen LogP contribution in [0.4, 0.5) is 0 Å². The van der Waals surface area contributed by atoms with Gasteiger partial charge in [-0.3, -0.25) is 15.0 Å². The van der Waals surface area contributed by atoms with E-state index in [4.69, 9.17) is 24.9 Å². The lowest BCUT2D eigenvalue weighted by atomic mass is 9.88. The minimum atomic E-state index is 0.579. The van der Waals surface area contributed by atoms with Crippen LogP contribution in [-0.2, 0) is 0 Å². The zero-order chi connectivity index (χ0) is 39.6. The van der Waals surface area contributed by atoms with Gasteiger partial charge in [0, 0.05) is 51.4 Å². The Labute approximate surface area is 344 Å². The molecule has 0 saturated carbocycles. The molecule has 0 bridgehead atoms. The van der Waals surface area contributed by atoms with Crippen LogP contribution in [0.25, 0.3) is 121 Å². The fourth-order valence-electron chi connectivity index (χ4n) is 8.75. The summed E-state index contributed by atoms with van der Waals surface area (Å²) in [4.78, 5) is 30.0. The molecule has 0 amide bonds. The summed E-state index contributed by atoms with van der Waals surface area (Å²) in [5.41, 5.74) is 9.81. The van der Waals surface area contributed by atoms with Gasteiger partial charge >= 0.3 is 0 Å². The molecule has 0 aliphatic rings. The van der Waals surface area contributed by atoms with Crippen LogP contribution < -0.4 is 0 Å². The summed E-state index contributed by atoms with van der Waals surface area (Å²) in [6, 6.07) is 61.5. The van der Waals surface area contributed by atoms with Crippen LogP contribution in [0, 0.1) is 0 Å². The Balaban J connectivity index is 1.17. The van der Waals surface area contributed by atoms with Gasteiger partial charge in [-0.15, -0.1) is 0 Å². The molecule has 8 aromatic carbocycles. The maximum Gasteiger partial charge on any atom is 0.164 e. The highest BCUT2D eigenvalue weighted by Crippen LogP contribution is 2.43. The molecule has 0 aliphatic heterocycles. The van der Waals surface area contributed by atoms with Crippen molar-refractivity contribution < 1.29 is 0 Å². The monoisotopic (exact) mass is 764 g/mol. The summed E-state index contributed by atoms with van der Waals surface area (Å²) < 4.78 is 0. The maximum absolute atomic E-state index is 5.33. The van der Waals surface area contributed by atoms with Gasteiger partial charge in [0.2, 0.25) is 0 Å². The highest BCUT2D eigenvalue weighted by molar-refractivity contribution is 6.15. The van der Waals surface area contributed by atoms with Gasteiger partial charge in [-0.05, 0) is 121 Å². The van der Waals surface area contributed by atoms with Crippen LogP contribution in [0.15, 0.2) is 195 Å². The highest BCUT2D eigenvalue weighted by atomic mass is 15.0. The molecule has 4 heterocycles. The van der Waals surface area contributed by atoms with Gasteiger partial charge in [0.05, 0.1) is 16.6 Å². The minimum Gasteiger partial charge on any atom is -0.256 e. The molecule has 0 unspecified atom stereocenters. The van der Waals surface area contributed by atoms with E-state index in [2.05, 4.69) is 145 Å². The van der Waals surface area contributed by atoms with E-state index in [1.807, 2.05) is 55.0 Å². The fraction of sp³-hybridized carbons (Fsp3) is 0. The van der Waals surface area contributed by atoms with Gasteiger partial charge in [-0.25, -0.2) is 15.0 Å². The first-order chi connectivity index (χ1) is 29.7. The Kier molecular flexibility index (Phi) is 7.74. The number of fused-ring (bicyclic) bond motifs is 6. The third-order valence-electron chi connectivity index (χ3n) is 11.5. The van der Waals surface area contributed by atoms with E-state index in [0.29, 0.717) is 17.5 Å². The molecule has 0 saturated heterocycles. The largest absolute Gasteiger partial charge is 0.256 e. The number of aromatic nitrogens is 6. The number of hydrogen-bond donors (Lipinski definition) is 0. The average Bonchev–Trinajstić information content (AvgIpc) is 3.31. The Morgan fingerprint density at radius 2 is 0.733 bits per heavy atom. The number of hydrogen-bond acceptors (Lipinski definition) is 6. The van der Waals surface area contributed by atoms with E-state index in [1.165, 1.54) is 0 Å². The summed E-state index contributed by atoms with van der Waals surface area (Å²) in [5.74, 6) is 1.78. The van der Waals surface area contributed by atoms with E-state index >= 15 is 0 Å². The predicted molar refractivity (Wildman–Crippen MR) is 245 cm³/mol. The average molecular weight is 765 g/mol. The Hall–Kier alpha value is -8.22. The second-order valence-corrected chi connectivity index (χ2v) is 15.2. The lowest BCUT2D eigenvalue weighted by Crippen LogP contribution is -2.01. The van der Waals surface area contributed by atoms with Gasteiger partial charge < -0.3 is 0 Å². The van der Waals surface area contributed by atoms with Gasteiger partial charge in [0.1, 0.15) is 0 Å². The van der Waals surface area contributed by atoms with Gasteiger partial charge in [0.25, 0.3) is 0 Å². The molecule has 0 radical (unpaired) electrons. The van der Waals surface area contributed by atoms with E-state index in [9.17, 15) is 0 Å². The normalized spacial score (nSPS) is 11.7. The standard InChI is InChI=1S/C54H32N6/c1-2-11-33(12-3-1)52-58-53(38-21-20-34-30-47-37(15-8-22-55-47)25-39(34)26-38)60-54(59-52)42-28-40(50-43-16-6-4-13-35(43)31-48-45(50)18-9-23-56-48)27-41(29-42)51-44-17-7-5-14-36(44)32-49-46(51)19-10-24-57-49/h1-32H. The molecule has 6 nitrogen and oxygen atoms in total. The van der Waals surface area contributed by atoms with Gasteiger partial charge in [0.15, 0.2) is 17.5 Å². The van der Waals surface area contributed by atoms with Crippen molar-refractivity contribution in [2.75, 3.05) is 0 Å². The lowest BCUT2D eigenvalue weighted by molar-refractivity contribution is 1.07. The van der Waals surface area contributed by atoms with Crippen LogP contribution >= 0.6 is 0 Å². The molecular weight excluding hydrogens is 733 g/mol. The Morgan fingerprint density at radius 1 is 0.250 bits per heavy atom. The summed E-state index contributed by atoms with van der Waals surface area (Å²) in [6.07, 6.45) is 5.56. The van der Waals surface area contributed by atoms with E-state index in [1.54, 1.807) is 0 Å². The van der Waals surface area contributed by atoms with Crippen LogP contribution in [0.5, 0.6) is 0 Å². The smallest absolute Gasteiger partial charge is 0.164 e. The molecule has 6 heteroatoms. The summed E-state index contributed by atoms with van der Waals surface area (Å²) in [6.45, 7) is 0. The topological polar surface area (TPSA) is 77.3 Å². The predicted octanol–water partition coefficient (Wildman–Crippen LogP) is 13.3. The van der Waals surface area contributed by atoms with Crippen LogP contribution in [0.2, 0.25) is 0 Å². The quantitative estimate of drug-likeness (QED) is 0.162. The zero-order valence-electron chi connectivity index (χ0n) is 32.2. The third kappa shape index (κ3) is 5.73. The summed E-state index contributed by atoms with van der Waals surface area (Å²) >= 11 is 0. The van der Waals surface area contributed by atoms with Crippen molar-refractivity contribution in [2.45, 2.75) is 0 Å². The van der Waals surface area contributed by atoms with Gasteiger partial charge in [-0.1, -0.05) is 109 Å². The summed E-state index contributed by atoms with van der Waals surface area (Å²) in [5, 5.41) is 9.96. The van der Waals surface area contributed by atoms with Gasteiger partial charge in [-0.2, -0.15) is 0 Å². The second kappa shape index (κ2) is 13.7. The number of pyridine rings is 3. The number of nitrogens with zero attached hydrogens (tertiary/aromatic N) is 6. The molecule has 60 heavy (non-hydrogen) atoms. The van der Waals surface area contributed by atoms with E-state index in [0.717, 1.165) is 104 Å². The van der Waals surface area contributed by atoms with E-state index < -0.39 is 0 Å². The minimum absolute atomic E-state index is 0.579. The molecular formula is C54H32N6. The molecule has 0 spiro atoms. The number of rotatable bonds is 5. The van der Waals surface area contributed by atoms with Crippen LogP contribution in [-0.4, -0.2) is 29.9 Å². The van der Waals surface area contributed by atoms with Crippen LogP contribution in [0.1, 0.15) is 0 Å². The fourth-order valence-corrected chi connectivity index (χ4v) is 8.75. The SMILES string of the molecule is c1ccc(-c2nc(-c3cc(-c4c5ccccc5cc5ncccc45)cc(-c4c5ccccc5cc5ncccc45)c3)nc(-c3ccc4cc5ncccc5cc4c3)n2)cc1. The van der Waals surface area contributed by atoms with Crippen molar-refractivity contribution >= 4 is 65.0 Å². The molecule has 0 atom stereocenters. The van der Waals surface area contributed by atoms with Crippen molar-refractivity contribution in [2.24, 2.45) is 0 Å². The van der Waals surface area contributed by atoms with Crippen molar-refractivity contribution in [3.8, 4) is 56.4 Å².